The molecule has 2 bridgehead atoms. The Morgan fingerprint density at radius 3 is 2.79 bits per heavy atom. The molecule has 0 amide bonds. The fraction of sp³-hybridized carbons (Fsp3) is 0.455. The van der Waals surface area contributed by atoms with Crippen molar-refractivity contribution >= 4 is 23.7 Å². The number of rotatable bonds is 5. The summed E-state index contributed by atoms with van der Waals surface area (Å²) in [7, 11) is 0.377. The molecule has 6 nitrogen and oxygen atoms in total. The molecule has 3 heterocycles. The Morgan fingerprint density at radius 2 is 2.21 bits per heavy atom. The maximum absolute atomic E-state index is 9.74. The summed E-state index contributed by atoms with van der Waals surface area (Å²) in [5.41, 5.74) is 3.64. The van der Waals surface area contributed by atoms with Gasteiger partial charge in [0.2, 0.25) is 0 Å². The van der Waals surface area contributed by atoms with E-state index >= 15 is 0 Å². The molecule has 2 aliphatic carbocycles. The normalized spacial score (nSPS) is 24.2. The lowest BCUT2D eigenvalue weighted by Gasteiger charge is -2.57. The van der Waals surface area contributed by atoms with Crippen molar-refractivity contribution in [3.63, 3.8) is 0 Å². The number of benzene rings is 1. The van der Waals surface area contributed by atoms with Crippen LogP contribution in [0.25, 0.3) is 10.9 Å². The Morgan fingerprint density at radius 1 is 1.38 bits per heavy atom. The SMILES string of the molecule is COc1cccc2c(N3C4C=C(C5(CB(O)O)CCC5)CC3C4)c(C#N)cnc12. The molecule has 1 aromatic heterocycles. The first-order chi connectivity index (χ1) is 14.1. The summed E-state index contributed by atoms with van der Waals surface area (Å²) in [4.78, 5) is 6.84. The van der Waals surface area contributed by atoms with E-state index in [2.05, 4.69) is 22.0 Å². The van der Waals surface area contributed by atoms with Gasteiger partial charge in [0, 0.05) is 23.7 Å². The topological polar surface area (TPSA) is 89.6 Å². The van der Waals surface area contributed by atoms with Gasteiger partial charge in [0.25, 0.3) is 0 Å². The Labute approximate surface area is 170 Å². The highest BCUT2D eigenvalue weighted by Crippen LogP contribution is 2.56. The second-order valence-electron chi connectivity index (χ2n) is 8.57. The Kier molecular flexibility index (Phi) is 4.30. The summed E-state index contributed by atoms with van der Waals surface area (Å²) in [5.74, 6) is 0.709. The fourth-order valence-corrected chi connectivity index (χ4v) is 5.58. The van der Waals surface area contributed by atoms with E-state index in [1.807, 2.05) is 18.2 Å². The van der Waals surface area contributed by atoms with E-state index in [1.165, 1.54) is 5.57 Å². The van der Waals surface area contributed by atoms with Crippen molar-refractivity contribution in [3.05, 3.63) is 41.6 Å². The maximum atomic E-state index is 9.74. The first-order valence-electron chi connectivity index (χ1n) is 10.3. The van der Waals surface area contributed by atoms with Crippen LogP contribution >= 0.6 is 0 Å². The lowest BCUT2D eigenvalue weighted by atomic mass is 9.52. The van der Waals surface area contributed by atoms with Crippen LogP contribution in [0.4, 0.5) is 5.69 Å². The predicted octanol–water partition coefficient (Wildman–Crippen LogP) is 3.04. The molecule has 2 N–H and O–H groups in total. The smallest absolute Gasteiger partial charge is 0.452 e. The minimum Gasteiger partial charge on any atom is -0.494 e. The Hall–Kier alpha value is -2.56. The molecule has 2 aromatic rings. The summed E-state index contributed by atoms with van der Waals surface area (Å²) in [5, 5.41) is 29.9. The van der Waals surface area contributed by atoms with Gasteiger partial charge in [0.15, 0.2) is 0 Å². The molecule has 0 radical (unpaired) electrons. The van der Waals surface area contributed by atoms with E-state index < -0.39 is 7.12 Å². The number of nitrogens with zero attached hydrogens (tertiary/aromatic N) is 3. The van der Waals surface area contributed by atoms with Crippen molar-refractivity contribution in [2.24, 2.45) is 5.41 Å². The minimum absolute atomic E-state index is 0.0429. The van der Waals surface area contributed by atoms with Gasteiger partial charge in [-0.05, 0) is 43.5 Å². The molecule has 7 heteroatoms. The van der Waals surface area contributed by atoms with Gasteiger partial charge in [0.05, 0.1) is 18.4 Å². The van der Waals surface area contributed by atoms with Crippen molar-refractivity contribution in [1.82, 2.24) is 4.98 Å². The van der Waals surface area contributed by atoms with Crippen LogP contribution in [0.5, 0.6) is 5.75 Å². The average molecular weight is 389 g/mol. The largest absolute Gasteiger partial charge is 0.494 e. The Balaban J connectivity index is 1.55. The van der Waals surface area contributed by atoms with Crippen LogP contribution in [0, 0.1) is 16.7 Å². The fourth-order valence-electron chi connectivity index (χ4n) is 5.58. The first-order valence-corrected chi connectivity index (χ1v) is 10.3. The molecule has 148 valence electrons. The number of fused-ring (bicyclic) bond motifs is 2. The van der Waals surface area contributed by atoms with Crippen molar-refractivity contribution in [3.8, 4) is 11.8 Å². The van der Waals surface area contributed by atoms with E-state index in [9.17, 15) is 15.3 Å². The molecular weight excluding hydrogens is 365 g/mol. The summed E-state index contributed by atoms with van der Waals surface area (Å²) in [6, 6.07) is 8.73. The number of ether oxygens (including phenoxy) is 1. The third kappa shape index (κ3) is 2.74. The minimum atomic E-state index is -1.26. The van der Waals surface area contributed by atoms with Crippen molar-refractivity contribution < 1.29 is 14.8 Å². The van der Waals surface area contributed by atoms with E-state index in [1.54, 1.807) is 13.3 Å². The highest BCUT2D eigenvalue weighted by Gasteiger charge is 2.50. The van der Waals surface area contributed by atoms with Gasteiger partial charge >= 0.3 is 7.12 Å². The standard InChI is InChI=1S/C22H24BN3O3/c1-29-19-5-2-4-18-20(19)25-12-14(11-24)21(18)26-16-8-15(9-17(26)10-16)22(6-3-7-22)13-23(27)28/h2,4-5,8,12,16-17,27-28H,3,6-7,9-10,13H2,1H3. The van der Waals surface area contributed by atoms with E-state index in [0.29, 0.717) is 23.7 Å². The summed E-state index contributed by atoms with van der Waals surface area (Å²) in [6.07, 6.45) is 9.61. The highest BCUT2D eigenvalue weighted by atomic mass is 16.5. The zero-order valence-electron chi connectivity index (χ0n) is 16.5. The van der Waals surface area contributed by atoms with Gasteiger partial charge in [0.1, 0.15) is 17.3 Å². The van der Waals surface area contributed by atoms with Gasteiger partial charge in [-0.15, -0.1) is 0 Å². The molecule has 1 saturated carbocycles. The molecule has 4 aliphatic rings. The number of anilines is 1. The van der Waals surface area contributed by atoms with Gasteiger partial charge in [-0.25, -0.2) is 0 Å². The summed E-state index contributed by atoms with van der Waals surface area (Å²) < 4.78 is 5.48. The monoisotopic (exact) mass is 389 g/mol. The van der Waals surface area contributed by atoms with E-state index in [4.69, 9.17) is 4.74 Å². The lowest BCUT2D eigenvalue weighted by molar-refractivity contribution is 0.174. The van der Waals surface area contributed by atoms with Crippen LogP contribution in [0.15, 0.2) is 36.0 Å². The third-order valence-electron chi connectivity index (χ3n) is 7.11. The van der Waals surface area contributed by atoms with Gasteiger partial charge in [-0.1, -0.05) is 30.2 Å². The second kappa shape index (κ2) is 6.75. The lowest BCUT2D eigenvalue weighted by Crippen LogP contribution is -2.59. The van der Waals surface area contributed by atoms with Crippen LogP contribution < -0.4 is 9.64 Å². The number of pyridine rings is 1. The molecule has 29 heavy (non-hydrogen) atoms. The van der Waals surface area contributed by atoms with E-state index in [-0.39, 0.29) is 11.5 Å². The predicted molar refractivity (Wildman–Crippen MR) is 112 cm³/mol. The molecule has 2 unspecified atom stereocenters. The van der Waals surface area contributed by atoms with Crippen molar-refractivity contribution in [1.29, 1.82) is 5.26 Å². The Bertz CT molecular complexity index is 1040. The van der Waals surface area contributed by atoms with Crippen LogP contribution in [0.2, 0.25) is 6.32 Å². The first kappa shape index (κ1) is 18.5. The molecular formula is C22H24BN3O3. The van der Waals surface area contributed by atoms with Gasteiger partial charge in [-0.2, -0.15) is 5.26 Å². The zero-order valence-corrected chi connectivity index (χ0v) is 16.5. The van der Waals surface area contributed by atoms with Crippen LogP contribution in [0.3, 0.4) is 0 Å². The van der Waals surface area contributed by atoms with Gasteiger partial charge in [-0.3, -0.25) is 4.98 Å². The number of hydrogen-bond donors (Lipinski definition) is 2. The number of para-hydroxylation sites is 1. The molecule has 1 aromatic carbocycles. The second-order valence-corrected chi connectivity index (χ2v) is 8.57. The molecule has 2 atom stereocenters. The van der Waals surface area contributed by atoms with Crippen molar-refractivity contribution in [2.45, 2.75) is 50.5 Å². The molecule has 6 rings (SSSR count). The molecule has 0 spiro atoms. The third-order valence-corrected chi connectivity index (χ3v) is 7.11. The van der Waals surface area contributed by atoms with Crippen LogP contribution in [-0.4, -0.2) is 41.3 Å². The summed E-state index contributed by atoms with van der Waals surface area (Å²) >= 11 is 0. The van der Waals surface area contributed by atoms with Gasteiger partial charge < -0.3 is 19.7 Å². The quantitative estimate of drug-likeness (QED) is 0.604. The molecule has 2 aliphatic heterocycles. The van der Waals surface area contributed by atoms with E-state index in [0.717, 1.165) is 48.7 Å². The van der Waals surface area contributed by atoms with Crippen LogP contribution in [-0.2, 0) is 0 Å². The number of hydrogen-bond acceptors (Lipinski definition) is 6. The van der Waals surface area contributed by atoms with Crippen molar-refractivity contribution in [2.75, 3.05) is 12.0 Å². The number of methoxy groups -OCH3 is 1. The average Bonchev–Trinajstić information content (AvgIpc) is 2.70. The highest BCUT2D eigenvalue weighted by molar-refractivity contribution is 6.41. The zero-order chi connectivity index (χ0) is 20.2. The summed E-state index contributed by atoms with van der Waals surface area (Å²) in [6.45, 7) is 0. The molecule has 1 saturated heterocycles. The number of nitriles is 1. The van der Waals surface area contributed by atoms with Crippen LogP contribution in [0.1, 0.15) is 37.7 Å². The number of aromatic nitrogens is 1. The molecule has 2 fully saturated rings. The maximum Gasteiger partial charge on any atom is 0.452 e.